The zero-order valence-corrected chi connectivity index (χ0v) is 14.2. The van der Waals surface area contributed by atoms with E-state index in [2.05, 4.69) is 0 Å². The van der Waals surface area contributed by atoms with E-state index in [1.54, 1.807) is 24.3 Å². The lowest BCUT2D eigenvalue weighted by Crippen LogP contribution is -2.51. The van der Waals surface area contributed by atoms with Gasteiger partial charge in [0.15, 0.2) is 0 Å². The molecule has 132 valence electrons. The van der Waals surface area contributed by atoms with Crippen LogP contribution in [0.1, 0.15) is 51.1 Å². The van der Waals surface area contributed by atoms with E-state index in [1.807, 2.05) is 31.2 Å². The predicted molar refractivity (Wildman–Crippen MR) is 92.1 cm³/mol. The molecule has 0 radical (unpaired) electrons. The molecule has 26 heavy (non-hydrogen) atoms. The molecule has 2 aromatic carbocycles. The predicted octanol–water partition coefficient (Wildman–Crippen LogP) is 2.77. The number of carbonyl (C=O) groups excluding carboxylic acids is 3. The highest BCUT2D eigenvalue weighted by molar-refractivity contribution is 6.24. The Morgan fingerprint density at radius 2 is 1.69 bits per heavy atom. The second-order valence-corrected chi connectivity index (χ2v) is 6.69. The SMILES string of the molecule is CCc1ccc(C2CC2(C(=O)NF)N2C(=O)c3ccccc3C2=O)cc1. The third kappa shape index (κ3) is 2.11. The minimum atomic E-state index is -1.52. The number of amides is 3. The first-order valence-electron chi connectivity index (χ1n) is 8.52. The van der Waals surface area contributed by atoms with Crippen LogP contribution in [0.15, 0.2) is 48.5 Å². The zero-order chi connectivity index (χ0) is 18.5. The van der Waals surface area contributed by atoms with E-state index in [-0.39, 0.29) is 17.5 Å². The maximum Gasteiger partial charge on any atom is 0.274 e. The van der Waals surface area contributed by atoms with Crippen LogP contribution in [-0.4, -0.2) is 28.2 Å². The van der Waals surface area contributed by atoms with Crippen LogP contribution in [0.4, 0.5) is 4.48 Å². The van der Waals surface area contributed by atoms with Crippen LogP contribution in [0.5, 0.6) is 0 Å². The van der Waals surface area contributed by atoms with Crippen molar-refractivity contribution in [3.8, 4) is 0 Å². The van der Waals surface area contributed by atoms with Crippen LogP contribution < -0.4 is 5.54 Å². The number of hydrogen-bond acceptors (Lipinski definition) is 3. The number of fused-ring (bicyclic) bond motifs is 1. The zero-order valence-electron chi connectivity index (χ0n) is 14.2. The lowest BCUT2D eigenvalue weighted by Gasteiger charge is -2.25. The summed E-state index contributed by atoms with van der Waals surface area (Å²) >= 11 is 0. The maximum absolute atomic E-state index is 13.1. The molecule has 1 heterocycles. The summed E-state index contributed by atoms with van der Waals surface area (Å²) in [6.07, 6.45) is 1.08. The van der Waals surface area contributed by atoms with E-state index in [0.717, 1.165) is 28.0 Å². The first-order chi connectivity index (χ1) is 12.5. The molecule has 2 unspecified atom stereocenters. The van der Waals surface area contributed by atoms with Crippen molar-refractivity contribution in [1.29, 1.82) is 0 Å². The Morgan fingerprint density at radius 3 is 2.19 bits per heavy atom. The highest BCUT2D eigenvalue weighted by Crippen LogP contribution is 2.57. The molecule has 2 atom stereocenters. The third-order valence-electron chi connectivity index (χ3n) is 5.39. The Hall–Kier alpha value is -3.02. The molecule has 2 aliphatic rings. The Kier molecular flexibility index (Phi) is 3.64. The molecule has 0 bridgehead atoms. The fraction of sp³-hybridized carbons (Fsp3) is 0.250. The van der Waals surface area contributed by atoms with E-state index < -0.39 is 29.2 Å². The van der Waals surface area contributed by atoms with Gasteiger partial charge in [-0.3, -0.25) is 19.3 Å². The normalized spacial score (nSPS) is 23.8. The summed E-state index contributed by atoms with van der Waals surface area (Å²) in [4.78, 5) is 38.9. The fourth-order valence-corrected chi connectivity index (χ4v) is 3.86. The van der Waals surface area contributed by atoms with Crippen molar-refractivity contribution >= 4 is 17.7 Å². The number of carbonyl (C=O) groups is 3. The fourth-order valence-electron chi connectivity index (χ4n) is 3.86. The van der Waals surface area contributed by atoms with Gasteiger partial charge in [-0.25, -0.2) is 0 Å². The number of nitrogens with zero attached hydrogens (tertiary/aromatic N) is 1. The average molecular weight is 352 g/mol. The van der Waals surface area contributed by atoms with Gasteiger partial charge in [0.05, 0.1) is 11.1 Å². The molecular weight excluding hydrogens is 335 g/mol. The number of aryl methyl sites for hydroxylation is 1. The Morgan fingerprint density at radius 1 is 1.12 bits per heavy atom. The van der Waals surface area contributed by atoms with Crippen molar-refractivity contribution < 1.29 is 18.9 Å². The van der Waals surface area contributed by atoms with Crippen molar-refractivity contribution in [2.75, 3.05) is 0 Å². The maximum atomic E-state index is 13.1. The molecule has 1 aliphatic heterocycles. The highest BCUT2D eigenvalue weighted by atomic mass is 19.2. The van der Waals surface area contributed by atoms with Gasteiger partial charge >= 0.3 is 0 Å². The van der Waals surface area contributed by atoms with Gasteiger partial charge in [0.25, 0.3) is 17.7 Å². The number of halogens is 1. The molecule has 0 saturated heterocycles. The molecule has 0 aromatic heterocycles. The molecule has 2 aromatic rings. The number of rotatable bonds is 4. The van der Waals surface area contributed by atoms with Gasteiger partial charge in [0.1, 0.15) is 5.54 Å². The van der Waals surface area contributed by atoms with Crippen LogP contribution in [0, 0.1) is 0 Å². The summed E-state index contributed by atoms with van der Waals surface area (Å²) in [6.45, 7) is 2.03. The molecule has 1 saturated carbocycles. The first kappa shape index (κ1) is 16.4. The van der Waals surface area contributed by atoms with Gasteiger partial charge in [-0.15, -0.1) is 4.48 Å². The van der Waals surface area contributed by atoms with E-state index >= 15 is 0 Å². The Bertz CT molecular complexity index is 890. The molecular formula is C20H17FN2O3. The van der Waals surface area contributed by atoms with E-state index in [0.29, 0.717) is 0 Å². The van der Waals surface area contributed by atoms with Gasteiger partial charge in [-0.2, -0.15) is 5.54 Å². The number of nitrogens with one attached hydrogen (secondary N) is 1. The minimum Gasteiger partial charge on any atom is -0.270 e. The summed E-state index contributed by atoms with van der Waals surface area (Å²) in [7, 11) is 0. The number of benzene rings is 2. The van der Waals surface area contributed by atoms with E-state index in [4.69, 9.17) is 0 Å². The van der Waals surface area contributed by atoms with Gasteiger partial charge in [-0.05, 0) is 36.1 Å². The lowest BCUT2D eigenvalue weighted by atomic mass is 10.0. The van der Waals surface area contributed by atoms with Gasteiger partial charge in [0, 0.05) is 5.92 Å². The highest BCUT2D eigenvalue weighted by Gasteiger charge is 2.69. The second-order valence-electron chi connectivity index (χ2n) is 6.69. The number of hydrogen-bond donors (Lipinski definition) is 1. The minimum absolute atomic E-state index is 0.208. The molecule has 1 aliphatic carbocycles. The first-order valence-corrected chi connectivity index (χ1v) is 8.52. The smallest absolute Gasteiger partial charge is 0.270 e. The van der Waals surface area contributed by atoms with Crippen molar-refractivity contribution in [2.45, 2.75) is 31.2 Å². The largest absolute Gasteiger partial charge is 0.274 e. The van der Waals surface area contributed by atoms with Gasteiger partial charge in [0.2, 0.25) is 0 Å². The van der Waals surface area contributed by atoms with Gasteiger partial charge < -0.3 is 0 Å². The summed E-state index contributed by atoms with van der Waals surface area (Å²) in [5.41, 5.74) is 2.07. The molecule has 6 heteroatoms. The molecule has 3 amide bonds. The molecule has 1 fully saturated rings. The molecule has 0 spiro atoms. The van der Waals surface area contributed by atoms with Crippen LogP contribution >= 0.6 is 0 Å². The number of imide groups is 1. The second kappa shape index (κ2) is 5.76. The van der Waals surface area contributed by atoms with Crippen LogP contribution in [-0.2, 0) is 11.2 Å². The summed E-state index contributed by atoms with van der Waals surface area (Å²) in [6, 6.07) is 14.0. The van der Waals surface area contributed by atoms with Crippen molar-refractivity contribution in [1.82, 2.24) is 10.4 Å². The Labute approximate surface area is 149 Å². The average Bonchev–Trinajstić information content (AvgIpc) is 3.37. The summed E-state index contributed by atoms with van der Waals surface area (Å²) in [5, 5.41) is 0. The van der Waals surface area contributed by atoms with Crippen molar-refractivity contribution in [2.24, 2.45) is 0 Å². The van der Waals surface area contributed by atoms with Crippen molar-refractivity contribution in [3.63, 3.8) is 0 Å². The summed E-state index contributed by atoms with van der Waals surface area (Å²) in [5.74, 6) is -2.49. The topological polar surface area (TPSA) is 66.5 Å². The third-order valence-corrected chi connectivity index (χ3v) is 5.39. The van der Waals surface area contributed by atoms with Gasteiger partial charge in [-0.1, -0.05) is 43.3 Å². The quantitative estimate of drug-likeness (QED) is 0.680. The van der Waals surface area contributed by atoms with Crippen LogP contribution in [0.3, 0.4) is 0 Å². The molecule has 4 rings (SSSR count). The Balaban J connectivity index is 1.75. The van der Waals surface area contributed by atoms with E-state index in [9.17, 15) is 18.9 Å². The standard InChI is InChI=1S/C20H17FN2O3/c1-2-12-7-9-13(10-8-12)16-11-20(16,19(26)22-21)23-17(24)14-5-3-4-6-15(14)18(23)25/h3-10,16H,2,11H2,1H3,(H,22,26). The van der Waals surface area contributed by atoms with Crippen LogP contribution in [0.25, 0.3) is 0 Å². The monoisotopic (exact) mass is 352 g/mol. The lowest BCUT2D eigenvalue weighted by molar-refractivity contribution is -0.130. The molecule has 1 N–H and O–H groups in total. The molecule has 5 nitrogen and oxygen atoms in total. The van der Waals surface area contributed by atoms with Crippen molar-refractivity contribution in [3.05, 3.63) is 70.8 Å². The van der Waals surface area contributed by atoms with E-state index in [1.165, 1.54) is 0 Å². The van der Waals surface area contributed by atoms with Crippen LogP contribution in [0.2, 0.25) is 0 Å². The summed E-state index contributed by atoms with van der Waals surface area (Å²) < 4.78 is 13.1.